The molecule has 2 rings (SSSR count). The van der Waals surface area contributed by atoms with Crippen molar-refractivity contribution < 1.29 is 4.74 Å². The molecule has 1 saturated heterocycles. The van der Waals surface area contributed by atoms with Crippen LogP contribution in [-0.2, 0) is 4.74 Å². The fourth-order valence-corrected chi connectivity index (χ4v) is 2.85. The van der Waals surface area contributed by atoms with Gasteiger partial charge in [0.1, 0.15) is 0 Å². The van der Waals surface area contributed by atoms with Gasteiger partial charge in [-0.3, -0.25) is 0 Å². The van der Waals surface area contributed by atoms with Crippen molar-refractivity contribution in [2.24, 2.45) is 5.92 Å². The van der Waals surface area contributed by atoms with Crippen molar-refractivity contribution in [3.05, 3.63) is 0 Å². The monoisotopic (exact) mass is 188 g/mol. The van der Waals surface area contributed by atoms with Gasteiger partial charge in [-0.1, -0.05) is 19.3 Å². The minimum Gasteiger partial charge on any atom is -0.376 e. The van der Waals surface area contributed by atoms with E-state index in [1.54, 1.807) is 0 Å². The van der Waals surface area contributed by atoms with Crippen molar-refractivity contribution in [2.75, 3.05) is 6.61 Å². The van der Waals surface area contributed by atoms with Gasteiger partial charge in [0.05, 0.1) is 11.5 Å². The number of rotatable bonds is 1. The Balaban J connectivity index is 1.89. The van der Waals surface area contributed by atoms with Crippen LogP contribution in [0.4, 0.5) is 0 Å². The molecule has 1 aliphatic carbocycles. The van der Waals surface area contributed by atoms with Crippen molar-refractivity contribution in [1.82, 2.24) is 0 Å². The van der Waals surface area contributed by atoms with Gasteiger partial charge in [0.25, 0.3) is 0 Å². The number of hydrogen-bond donors (Lipinski definition) is 0. The molecule has 1 nitrogen and oxygen atoms in total. The molecule has 1 heterocycles. The lowest BCUT2D eigenvalue weighted by atomic mass is 9.84. The van der Waals surface area contributed by atoms with Crippen molar-refractivity contribution >= 4 is 11.6 Å². The highest BCUT2D eigenvalue weighted by molar-refractivity contribution is 6.21. The van der Waals surface area contributed by atoms with E-state index in [-0.39, 0.29) is 0 Å². The fourth-order valence-electron chi connectivity index (χ4n) is 2.48. The van der Waals surface area contributed by atoms with Crippen molar-refractivity contribution in [3.63, 3.8) is 0 Å². The molecule has 1 saturated carbocycles. The predicted octanol–water partition coefficient (Wildman–Crippen LogP) is 2.96. The van der Waals surface area contributed by atoms with Gasteiger partial charge in [-0.2, -0.15) is 0 Å². The molecule has 2 aliphatic rings. The standard InChI is InChI=1S/C10H17ClO/c11-9-6-7-12-10(9)8-4-2-1-3-5-8/h8-10H,1-7H2/t9-,10-/m1/s1. The number of alkyl halides is 1. The molecule has 0 radical (unpaired) electrons. The predicted molar refractivity (Wildman–Crippen MR) is 50.6 cm³/mol. The Morgan fingerprint density at radius 1 is 1.00 bits per heavy atom. The van der Waals surface area contributed by atoms with Crippen LogP contribution in [0.3, 0.4) is 0 Å². The van der Waals surface area contributed by atoms with E-state index < -0.39 is 0 Å². The van der Waals surface area contributed by atoms with Crippen LogP contribution in [0.2, 0.25) is 0 Å². The molecule has 2 atom stereocenters. The maximum absolute atomic E-state index is 6.19. The topological polar surface area (TPSA) is 9.23 Å². The minimum atomic E-state index is 0.299. The van der Waals surface area contributed by atoms with Crippen LogP contribution in [0.1, 0.15) is 38.5 Å². The smallest absolute Gasteiger partial charge is 0.0767 e. The molecule has 2 heteroatoms. The Kier molecular flexibility index (Phi) is 2.92. The van der Waals surface area contributed by atoms with Gasteiger partial charge in [0.15, 0.2) is 0 Å². The molecule has 0 aromatic carbocycles. The average Bonchev–Trinajstić information content (AvgIpc) is 2.53. The lowest BCUT2D eigenvalue weighted by molar-refractivity contribution is 0.0492. The van der Waals surface area contributed by atoms with E-state index in [2.05, 4.69) is 0 Å². The molecule has 0 spiro atoms. The van der Waals surface area contributed by atoms with E-state index >= 15 is 0 Å². The molecule has 0 aromatic heterocycles. The van der Waals surface area contributed by atoms with Crippen LogP contribution in [-0.4, -0.2) is 18.1 Å². The first-order valence-electron chi connectivity index (χ1n) is 5.13. The van der Waals surface area contributed by atoms with E-state index in [1.165, 1.54) is 32.1 Å². The second-order valence-corrected chi connectivity index (χ2v) is 4.60. The molecule has 0 amide bonds. The third-order valence-corrected chi connectivity index (χ3v) is 3.64. The van der Waals surface area contributed by atoms with Gasteiger partial charge in [0, 0.05) is 6.61 Å². The fraction of sp³-hybridized carbons (Fsp3) is 1.00. The van der Waals surface area contributed by atoms with Crippen molar-refractivity contribution in [1.29, 1.82) is 0 Å². The molecule has 70 valence electrons. The van der Waals surface area contributed by atoms with E-state index in [1.807, 2.05) is 0 Å². The largest absolute Gasteiger partial charge is 0.376 e. The maximum atomic E-state index is 6.19. The Labute approximate surface area is 79.4 Å². The molecule has 1 aliphatic heterocycles. The van der Waals surface area contributed by atoms with Crippen LogP contribution in [0.5, 0.6) is 0 Å². The first kappa shape index (κ1) is 8.83. The van der Waals surface area contributed by atoms with Gasteiger partial charge in [-0.25, -0.2) is 0 Å². The third kappa shape index (κ3) is 1.77. The molecular formula is C10H17ClO. The molecule has 0 unspecified atom stereocenters. The normalized spacial score (nSPS) is 38.8. The van der Waals surface area contributed by atoms with Gasteiger partial charge < -0.3 is 4.74 Å². The molecule has 2 fully saturated rings. The Morgan fingerprint density at radius 2 is 1.75 bits per heavy atom. The van der Waals surface area contributed by atoms with Crippen LogP contribution in [0.15, 0.2) is 0 Å². The van der Waals surface area contributed by atoms with Crippen LogP contribution >= 0.6 is 11.6 Å². The second-order valence-electron chi connectivity index (χ2n) is 4.04. The highest BCUT2D eigenvalue weighted by Crippen LogP contribution is 2.34. The summed E-state index contributed by atoms with van der Waals surface area (Å²) in [5, 5.41) is 0.299. The number of ether oxygens (including phenoxy) is 1. The van der Waals surface area contributed by atoms with Gasteiger partial charge in [0.2, 0.25) is 0 Å². The number of hydrogen-bond acceptors (Lipinski definition) is 1. The summed E-state index contributed by atoms with van der Waals surface area (Å²) in [4.78, 5) is 0. The quantitative estimate of drug-likeness (QED) is 0.575. The van der Waals surface area contributed by atoms with Crippen LogP contribution in [0, 0.1) is 5.92 Å². The summed E-state index contributed by atoms with van der Waals surface area (Å²) in [7, 11) is 0. The minimum absolute atomic E-state index is 0.299. The Hall–Kier alpha value is 0.250. The van der Waals surface area contributed by atoms with E-state index in [0.29, 0.717) is 11.5 Å². The zero-order valence-electron chi connectivity index (χ0n) is 7.47. The molecular weight excluding hydrogens is 172 g/mol. The lowest BCUT2D eigenvalue weighted by Crippen LogP contribution is -2.28. The average molecular weight is 189 g/mol. The van der Waals surface area contributed by atoms with Crippen LogP contribution in [0.25, 0.3) is 0 Å². The van der Waals surface area contributed by atoms with Gasteiger partial charge >= 0.3 is 0 Å². The third-order valence-electron chi connectivity index (χ3n) is 3.17. The highest BCUT2D eigenvalue weighted by Gasteiger charge is 2.33. The van der Waals surface area contributed by atoms with Crippen molar-refractivity contribution in [3.8, 4) is 0 Å². The summed E-state index contributed by atoms with van der Waals surface area (Å²) in [5.41, 5.74) is 0. The maximum Gasteiger partial charge on any atom is 0.0767 e. The SMILES string of the molecule is Cl[C@@H]1CCO[C@@H]1C1CCCCC1. The zero-order valence-corrected chi connectivity index (χ0v) is 8.22. The first-order valence-corrected chi connectivity index (χ1v) is 5.57. The summed E-state index contributed by atoms with van der Waals surface area (Å²) in [5.74, 6) is 0.767. The Morgan fingerprint density at radius 3 is 2.33 bits per heavy atom. The van der Waals surface area contributed by atoms with Crippen LogP contribution < -0.4 is 0 Å². The molecule has 0 N–H and O–H groups in total. The summed E-state index contributed by atoms with van der Waals surface area (Å²) in [6.45, 7) is 0.884. The Bertz CT molecular complexity index is 143. The van der Waals surface area contributed by atoms with Crippen molar-refractivity contribution in [2.45, 2.75) is 50.0 Å². The van der Waals surface area contributed by atoms with Gasteiger partial charge in [-0.15, -0.1) is 11.6 Å². The van der Waals surface area contributed by atoms with E-state index in [0.717, 1.165) is 18.9 Å². The summed E-state index contributed by atoms with van der Waals surface area (Å²) < 4.78 is 5.67. The van der Waals surface area contributed by atoms with E-state index in [4.69, 9.17) is 16.3 Å². The molecule has 12 heavy (non-hydrogen) atoms. The number of halogens is 1. The lowest BCUT2D eigenvalue weighted by Gasteiger charge is -2.28. The van der Waals surface area contributed by atoms with E-state index in [9.17, 15) is 0 Å². The first-order chi connectivity index (χ1) is 5.88. The molecule has 0 bridgehead atoms. The zero-order chi connectivity index (χ0) is 8.39. The summed E-state index contributed by atoms with van der Waals surface area (Å²) in [6.07, 6.45) is 8.30. The van der Waals surface area contributed by atoms with Gasteiger partial charge in [-0.05, 0) is 25.2 Å². The second kappa shape index (κ2) is 3.97. The summed E-state index contributed by atoms with van der Waals surface area (Å²) >= 11 is 6.19. The molecule has 0 aromatic rings. The highest BCUT2D eigenvalue weighted by atomic mass is 35.5. The summed E-state index contributed by atoms with van der Waals surface area (Å²) in [6, 6.07) is 0.